The molecule has 1 saturated heterocycles. The zero-order valence-corrected chi connectivity index (χ0v) is 28.4. The Morgan fingerprint density at radius 3 is 2.06 bits per heavy atom. The van der Waals surface area contributed by atoms with Gasteiger partial charge in [-0.2, -0.15) is 5.26 Å². The van der Waals surface area contributed by atoms with E-state index in [0.717, 1.165) is 28.7 Å². The van der Waals surface area contributed by atoms with Crippen molar-refractivity contribution in [2.24, 2.45) is 5.41 Å². The Morgan fingerprint density at radius 1 is 1.02 bits per heavy atom. The number of carbonyl (C=O) groups is 3. The van der Waals surface area contributed by atoms with Crippen LogP contribution in [0.2, 0.25) is 0 Å². The normalized spacial score (nSPS) is 17.6. The van der Waals surface area contributed by atoms with E-state index in [2.05, 4.69) is 52.8 Å². The summed E-state index contributed by atoms with van der Waals surface area (Å²) in [5.74, 6) is 0.252. The number of aromatic amines is 1. The van der Waals surface area contributed by atoms with Crippen molar-refractivity contribution in [1.82, 2.24) is 40.6 Å². The van der Waals surface area contributed by atoms with Gasteiger partial charge in [0.05, 0.1) is 18.0 Å². The highest BCUT2D eigenvalue weighted by molar-refractivity contribution is 5.95. The van der Waals surface area contributed by atoms with Crippen LogP contribution >= 0.6 is 0 Å². The van der Waals surface area contributed by atoms with Crippen LogP contribution in [-0.2, 0) is 23.1 Å². The predicted molar refractivity (Wildman–Crippen MR) is 177 cm³/mol. The van der Waals surface area contributed by atoms with Crippen molar-refractivity contribution in [3.8, 4) is 6.07 Å². The summed E-state index contributed by atoms with van der Waals surface area (Å²) < 4.78 is 0. The summed E-state index contributed by atoms with van der Waals surface area (Å²) in [7, 11) is 6.94. The van der Waals surface area contributed by atoms with Gasteiger partial charge < -0.3 is 20.0 Å². The molecular weight excluding hydrogens is 594 g/mol. The number of hydrogen-bond acceptors (Lipinski definition) is 8. The molecule has 2 aromatic carbocycles. The Morgan fingerprint density at radius 2 is 1.60 bits per heavy atom. The van der Waals surface area contributed by atoms with Gasteiger partial charge >= 0.3 is 0 Å². The second kappa shape index (κ2) is 13.2. The number of H-pyrrole nitrogens is 1. The fourth-order valence-electron chi connectivity index (χ4n) is 7.04. The van der Waals surface area contributed by atoms with Crippen molar-refractivity contribution in [2.45, 2.75) is 70.4 Å². The van der Waals surface area contributed by atoms with E-state index < -0.39 is 11.5 Å². The molecule has 0 bridgehead atoms. The zero-order valence-electron chi connectivity index (χ0n) is 28.4. The van der Waals surface area contributed by atoms with Gasteiger partial charge in [-0.1, -0.05) is 32.9 Å². The Hall–Kier alpha value is -4.63. The maximum atomic E-state index is 13.4. The third kappa shape index (κ3) is 6.49. The lowest BCUT2D eigenvalue weighted by Crippen LogP contribution is -2.51. The number of aryl methyl sites for hydroxylation is 2. The van der Waals surface area contributed by atoms with Crippen molar-refractivity contribution in [3.05, 3.63) is 75.6 Å². The summed E-state index contributed by atoms with van der Waals surface area (Å²) in [6, 6.07) is 13.3. The second-order valence-electron chi connectivity index (χ2n) is 14.2. The first-order chi connectivity index (χ1) is 22.3. The van der Waals surface area contributed by atoms with Gasteiger partial charge in [-0.3, -0.25) is 14.4 Å². The Balaban J connectivity index is 1.68. The van der Waals surface area contributed by atoms with E-state index in [1.165, 1.54) is 0 Å². The number of rotatable bonds is 8. The molecule has 1 aliphatic heterocycles. The molecule has 12 heteroatoms. The molecule has 0 spiro atoms. The van der Waals surface area contributed by atoms with E-state index >= 15 is 0 Å². The number of carbonyl (C=O) groups excluding carboxylic acids is 3. The number of fused-ring (bicyclic) bond motifs is 2. The molecule has 5 rings (SSSR count). The van der Waals surface area contributed by atoms with Gasteiger partial charge in [0.2, 0.25) is 5.91 Å². The Bertz CT molecular complexity index is 1610. The van der Waals surface area contributed by atoms with Crippen LogP contribution in [0.1, 0.15) is 88.8 Å². The molecule has 248 valence electrons. The lowest BCUT2D eigenvalue weighted by Gasteiger charge is -2.42. The molecule has 2 atom stereocenters. The van der Waals surface area contributed by atoms with Crippen LogP contribution in [-0.4, -0.2) is 106 Å². The smallest absolute Gasteiger partial charge is 0.253 e. The molecule has 47 heavy (non-hydrogen) atoms. The van der Waals surface area contributed by atoms with Crippen molar-refractivity contribution in [3.63, 3.8) is 0 Å². The van der Waals surface area contributed by atoms with Gasteiger partial charge in [-0.05, 0) is 94.5 Å². The molecule has 3 amide bonds. The van der Waals surface area contributed by atoms with Gasteiger partial charge in [-0.15, -0.1) is 5.10 Å². The molecule has 0 saturated carbocycles. The average molecular weight is 640 g/mol. The second-order valence-corrected chi connectivity index (χ2v) is 14.2. The van der Waals surface area contributed by atoms with E-state index in [1.807, 2.05) is 36.4 Å². The summed E-state index contributed by atoms with van der Waals surface area (Å²) in [5.41, 5.74) is 3.82. The van der Waals surface area contributed by atoms with Crippen LogP contribution < -0.4 is 5.32 Å². The number of tetrazole rings is 1. The molecule has 2 N–H and O–H groups in total. The van der Waals surface area contributed by atoms with Crippen LogP contribution in [0.15, 0.2) is 36.4 Å². The van der Waals surface area contributed by atoms with E-state index in [0.29, 0.717) is 49.2 Å². The van der Waals surface area contributed by atoms with Crippen LogP contribution in [0.3, 0.4) is 0 Å². The molecule has 3 aromatic rings. The minimum absolute atomic E-state index is 0.0805. The minimum atomic E-state index is -0.930. The van der Waals surface area contributed by atoms with Crippen LogP contribution in [0.5, 0.6) is 0 Å². The summed E-state index contributed by atoms with van der Waals surface area (Å²) in [6.07, 6.45) is 3.24. The first-order valence-corrected chi connectivity index (χ1v) is 16.1. The highest BCUT2D eigenvalue weighted by Gasteiger charge is 2.47. The standard InChI is InChI=1S/C35H45N9O3/c1-34(2,3)29(37-21-30(45)44-16-8-9-26(44)20-36)19-35(33-38-40-41-39-33)27-14-12-24(31(46)42(4)5)17-22(27)10-11-23-18-25(13-15-28(23)35)32(47)43(6)7/h12-15,17-18,26,29,37H,8-11,16,19,21H2,1-7H3,(H,38,39,40,41)/t26?,29-/m0/s1. The fraction of sp³-hybridized carbons (Fsp3) is 0.514. The Kier molecular flexibility index (Phi) is 9.50. The van der Waals surface area contributed by atoms with Crippen molar-refractivity contribution in [2.75, 3.05) is 41.3 Å². The summed E-state index contributed by atoms with van der Waals surface area (Å²) in [6.45, 7) is 7.05. The maximum Gasteiger partial charge on any atom is 0.253 e. The van der Waals surface area contributed by atoms with Crippen molar-refractivity contribution >= 4 is 17.7 Å². The molecule has 1 aliphatic carbocycles. The molecule has 2 heterocycles. The molecule has 1 fully saturated rings. The highest BCUT2D eigenvalue weighted by Crippen LogP contribution is 2.48. The van der Waals surface area contributed by atoms with Gasteiger partial charge in [-0.25, -0.2) is 5.10 Å². The van der Waals surface area contributed by atoms with E-state index in [1.54, 1.807) is 42.9 Å². The molecular formula is C35H45N9O3. The number of hydrogen-bond donors (Lipinski definition) is 2. The number of aromatic nitrogens is 4. The molecule has 2 aliphatic rings. The lowest BCUT2D eigenvalue weighted by atomic mass is 9.64. The van der Waals surface area contributed by atoms with Gasteiger partial charge in [0, 0.05) is 51.9 Å². The predicted octanol–water partition coefficient (Wildman–Crippen LogP) is 2.95. The average Bonchev–Trinajstić information content (AvgIpc) is 3.73. The summed E-state index contributed by atoms with van der Waals surface area (Å²) >= 11 is 0. The number of nitriles is 1. The molecule has 1 unspecified atom stereocenters. The first kappa shape index (κ1) is 33.7. The highest BCUT2D eigenvalue weighted by atomic mass is 16.2. The van der Waals surface area contributed by atoms with Crippen LogP contribution in [0.25, 0.3) is 0 Å². The van der Waals surface area contributed by atoms with E-state index in [-0.39, 0.29) is 35.7 Å². The largest absolute Gasteiger partial charge is 0.345 e. The van der Waals surface area contributed by atoms with E-state index in [4.69, 9.17) is 0 Å². The minimum Gasteiger partial charge on any atom is -0.345 e. The lowest BCUT2D eigenvalue weighted by molar-refractivity contribution is -0.130. The van der Waals surface area contributed by atoms with Gasteiger partial charge in [0.15, 0.2) is 5.82 Å². The van der Waals surface area contributed by atoms with Crippen LogP contribution in [0, 0.1) is 16.7 Å². The van der Waals surface area contributed by atoms with E-state index in [9.17, 15) is 19.6 Å². The van der Waals surface area contributed by atoms with Crippen LogP contribution in [0.4, 0.5) is 0 Å². The maximum absolute atomic E-state index is 13.4. The topological polar surface area (TPSA) is 151 Å². The Labute approximate surface area is 276 Å². The van der Waals surface area contributed by atoms with Crippen molar-refractivity contribution < 1.29 is 14.4 Å². The third-order valence-electron chi connectivity index (χ3n) is 9.63. The number of benzene rings is 2. The van der Waals surface area contributed by atoms with Gasteiger partial charge in [0.25, 0.3) is 11.8 Å². The molecule has 0 radical (unpaired) electrons. The summed E-state index contributed by atoms with van der Waals surface area (Å²) in [5, 5.41) is 28.8. The zero-order chi connectivity index (χ0) is 34.1. The first-order valence-electron chi connectivity index (χ1n) is 16.1. The fourth-order valence-corrected chi connectivity index (χ4v) is 7.04. The SMILES string of the molecule is CN(C)C(=O)c1ccc2c(c1)CCc1cc(C(=O)N(C)C)ccc1C2(C[C@H](NCC(=O)N1CCCC1C#N)C(C)(C)C)c1nnn[nH]1. The third-order valence-corrected chi connectivity index (χ3v) is 9.63. The monoisotopic (exact) mass is 639 g/mol. The number of nitrogens with zero attached hydrogens (tertiary/aromatic N) is 7. The quantitative estimate of drug-likeness (QED) is 0.382. The number of nitrogens with one attached hydrogen (secondary N) is 2. The van der Waals surface area contributed by atoms with Gasteiger partial charge in [0.1, 0.15) is 6.04 Å². The number of amides is 3. The summed E-state index contributed by atoms with van der Waals surface area (Å²) in [4.78, 5) is 44.4. The van der Waals surface area contributed by atoms with Crippen molar-refractivity contribution in [1.29, 1.82) is 5.26 Å². The number of likely N-dealkylation sites (tertiary alicyclic amines) is 1. The molecule has 12 nitrogen and oxygen atoms in total. The molecule has 1 aromatic heterocycles.